The highest BCUT2D eigenvalue weighted by atomic mass is 79.9. The highest BCUT2D eigenvalue weighted by Crippen LogP contribution is 2.37. The molecule has 128 valence electrons. The Bertz CT molecular complexity index is 842. The molecule has 0 unspecified atom stereocenters. The van der Waals surface area contributed by atoms with Gasteiger partial charge in [0.15, 0.2) is 5.78 Å². The summed E-state index contributed by atoms with van der Waals surface area (Å²) in [6.45, 7) is 2.51. The van der Waals surface area contributed by atoms with Crippen molar-refractivity contribution in [3.63, 3.8) is 0 Å². The van der Waals surface area contributed by atoms with Crippen molar-refractivity contribution in [2.24, 2.45) is 0 Å². The maximum absolute atomic E-state index is 12.9. The molecule has 0 saturated carbocycles. The molecule has 2 fully saturated rings. The molecular weight excluding hydrogens is 378 g/mol. The Morgan fingerprint density at radius 3 is 2.36 bits per heavy atom. The number of Topliss-reactive ketones (excluding diaryl/α,β-unsaturated/α-hetero) is 1. The van der Waals surface area contributed by atoms with Gasteiger partial charge in [-0.25, -0.2) is 0 Å². The van der Waals surface area contributed by atoms with Crippen LogP contribution in [-0.2, 0) is 0 Å². The van der Waals surface area contributed by atoms with Crippen molar-refractivity contribution in [2.75, 3.05) is 6.54 Å². The van der Waals surface area contributed by atoms with Crippen molar-refractivity contribution in [3.05, 3.63) is 51.8 Å². The standard InChI is InChI=1S/C20H20BrN3O/c1-13-18(19(25)12-23-15-6-7-16(23)9-8-15)10-20(21)24(13)17-4-2-14(11-22)3-5-17/h2-5,10,15-16H,6-9,12H2,1H3. The highest BCUT2D eigenvalue weighted by Gasteiger charge is 2.40. The van der Waals surface area contributed by atoms with Crippen molar-refractivity contribution in [2.45, 2.75) is 44.7 Å². The minimum absolute atomic E-state index is 0.199. The van der Waals surface area contributed by atoms with E-state index in [0.717, 1.165) is 21.5 Å². The van der Waals surface area contributed by atoms with Crippen molar-refractivity contribution < 1.29 is 4.79 Å². The molecule has 0 spiro atoms. The molecule has 4 rings (SSSR count). The second-order valence-corrected chi connectivity index (χ2v) is 7.83. The third-order valence-corrected chi connectivity index (χ3v) is 6.27. The number of carbonyl (C=O) groups is 1. The van der Waals surface area contributed by atoms with E-state index in [1.807, 2.05) is 29.7 Å². The monoisotopic (exact) mass is 397 g/mol. The molecule has 0 radical (unpaired) electrons. The number of hydrogen-bond donors (Lipinski definition) is 0. The zero-order chi connectivity index (χ0) is 17.6. The first-order chi connectivity index (χ1) is 12.1. The Balaban J connectivity index is 1.61. The van der Waals surface area contributed by atoms with Gasteiger partial charge in [0.1, 0.15) is 0 Å². The number of nitriles is 1. The normalized spacial score (nSPS) is 22.3. The number of fused-ring (bicyclic) bond motifs is 2. The molecule has 2 bridgehead atoms. The van der Waals surface area contributed by atoms with Gasteiger partial charge in [-0.1, -0.05) is 0 Å². The Morgan fingerprint density at radius 1 is 1.20 bits per heavy atom. The molecule has 0 aliphatic carbocycles. The smallest absolute Gasteiger partial charge is 0.178 e. The summed E-state index contributed by atoms with van der Waals surface area (Å²) < 4.78 is 2.88. The first-order valence-corrected chi connectivity index (χ1v) is 9.55. The molecule has 1 aromatic heterocycles. The van der Waals surface area contributed by atoms with Crippen LogP contribution in [-0.4, -0.2) is 33.9 Å². The van der Waals surface area contributed by atoms with Crippen LogP contribution in [0.5, 0.6) is 0 Å². The number of benzene rings is 1. The average molecular weight is 398 g/mol. The third-order valence-electron chi connectivity index (χ3n) is 5.69. The van der Waals surface area contributed by atoms with Gasteiger partial charge < -0.3 is 4.57 Å². The van der Waals surface area contributed by atoms with Crippen LogP contribution in [0.3, 0.4) is 0 Å². The fourth-order valence-electron chi connectivity index (χ4n) is 4.38. The number of aromatic nitrogens is 1. The third kappa shape index (κ3) is 2.84. The van der Waals surface area contributed by atoms with Gasteiger partial charge >= 0.3 is 0 Å². The maximum Gasteiger partial charge on any atom is 0.178 e. The molecule has 2 saturated heterocycles. The summed E-state index contributed by atoms with van der Waals surface area (Å²) >= 11 is 3.59. The van der Waals surface area contributed by atoms with Crippen LogP contribution in [0.25, 0.3) is 5.69 Å². The molecule has 2 aromatic rings. The largest absolute Gasteiger partial charge is 0.308 e. The molecule has 0 atom stereocenters. The highest BCUT2D eigenvalue weighted by molar-refractivity contribution is 9.10. The summed E-state index contributed by atoms with van der Waals surface area (Å²) in [7, 11) is 0. The van der Waals surface area contributed by atoms with E-state index >= 15 is 0 Å². The maximum atomic E-state index is 12.9. The lowest BCUT2D eigenvalue weighted by molar-refractivity contribution is 0.0917. The van der Waals surface area contributed by atoms with Gasteiger partial charge in [-0.2, -0.15) is 5.26 Å². The predicted molar refractivity (Wildman–Crippen MR) is 100 cm³/mol. The summed E-state index contributed by atoms with van der Waals surface area (Å²) in [6, 6.07) is 12.7. The van der Waals surface area contributed by atoms with E-state index < -0.39 is 0 Å². The molecule has 5 heteroatoms. The Morgan fingerprint density at radius 2 is 1.80 bits per heavy atom. The number of halogens is 1. The fraction of sp³-hybridized carbons (Fsp3) is 0.400. The summed E-state index contributed by atoms with van der Waals surface area (Å²) in [6.07, 6.45) is 4.97. The summed E-state index contributed by atoms with van der Waals surface area (Å²) in [4.78, 5) is 15.3. The van der Waals surface area contributed by atoms with Crippen molar-refractivity contribution >= 4 is 21.7 Å². The van der Waals surface area contributed by atoms with E-state index in [1.54, 1.807) is 12.1 Å². The van der Waals surface area contributed by atoms with Crippen LogP contribution in [0, 0.1) is 18.3 Å². The second-order valence-electron chi connectivity index (χ2n) is 7.02. The van der Waals surface area contributed by atoms with E-state index in [2.05, 4.69) is 26.9 Å². The second kappa shape index (κ2) is 6.44. The molecule has 3 heterocycles. The van der Waals surface area contributed by atoms with Gasteiger partial charge in [0.05, 0.1) is 22.8 Å². The quantitative estimate of drug-likeness (QED) is 0.725. The van der Waals surface area contributed by atoms with E-state index in [1.165, 1.54) is 25.7 Å². The molecule has 2 aliphatic rings. The molecule has 2 aliphatic heterocycles. The topological polar surface area (TPSA) is 49.0 Å². The summed E-state index contributed by atoms with van der Waals surface area (Å²) in [5, 5.41) is 8.95. The van der Waals surface area contributed by atoms with Crippen LogP contribution in [0.15, 0.2) is 34.9 Å². The molecule has 4 nitrogen and oxygen atoms in total. The number of carbonyl (C=O) groups excluding carboxylic acids is 1. The molecule has 25 heavy (non-hydrogen) atoms. The molecule has 0 amide bonds. The predicted octanol–water partition coefficient (Wildman–Crippen LogP) is 4.23. The van der Waals surface area contributed by atoms with Gasteiger partial charge in [0.25, 0.3) is 0 Å². The zero-order valence-electron chi connectivity index (χ0n) is 14.2. The number of hydrogen-bond acceptors (Lipinski definition) is 3. The van der Waals surface area contributed by atoms with Gasteiger partial charge in [-0.15, -0.1) is 0 Å². The van der Waals surface area contributed by atoms with E-state index in [9.17, 15) is 4.79 Å². The van der Waals surface area contributed by atoms with Crippen LogP contribution < -0.4 is 0 Å². The Hall–Kier alpha value is -1.90. The van der Waals surface area contributed by atoms with Crippen molar-refractivity contribution in [3.8, 4) is 11.8 Å². The zero-order valence-corrected chi connectivity index (χ0v) is 15.8. The van der Waals surface area contributed by atoms with Crippen LogP contribution >= 0.6 is 15.9 Å². The minimum Gasteiger partial charge on any atom is -0.308 e. The number of ketones is 1. The van der Waals surface area contributed by atoms with Crippen LogP contribution in [0.1, 0.15) is 47.3 Å². The van der Waals surface area contributed by atoms with E-state index in [0.29, 0.717) is 24.2 Å². The average Bonchev–Trinajstić information content (AvgIpc) is 3.28. The van der Waals surface area contributed by atoms with Gasteiger partial charge in [0, 0.05) is 29.0 Å². The summed E-state index contributed by atoms with van der Waals surface area (Å²) in [5.74, 6) is 0.199. The Kier molecular flexibility index (Phi) is 4.26. The first-order valence-electron chi connectivity index (χ1n) is 8.76. The molecular formula is C20H20BrN3O. The SMILES string of the molecule is Cc1c(C(=O)CN2C3CCC2CC3)cc(Br)n1-c1ccc(C#N)cc1. The van der Waals surface area contributed by atoms with Crippen LogP contribution in [0.4, 0.5) is 0 Å². The number of nitrogens with zero attached hydrogens (tertiary/aromatic N) is 3. The number of rotatable bonds is 4. The minimum atomic E-state index is 0.199. The van der Waals surface area contributed by atoms with Gasteiger partial charge in [0.2, 0.25) is 0 Å². The van der Waals surface area contributed by atoms with E-state index in [-0.39, 0.29) is 5.78 Å². The molecule has 1 aromatic carbocycles. The van der Waals surface area contributed by atoms with Crippen molar-refractivity contribution in [1.29, 1.82) is 5.26 Å². The van der Waals surface area contributed by atoms with Gasteiger partial charge in [-0.05, 0) is 78.9 Å². The fourth-order valence-corrected chi connectivity index (χ4v) is 5.08. The van der Waals surface area contributed by atoms with Crippen molar-refractivity contribution in [1.82, 2.24) is 9.47 Å². The molecule has 0 N–H and O–H groups in total. The van der Waals surface area contributed by atoms with E-state index in [4.69, 9.17) is 5.26 Å². The Labute approximate surface area is 156 Å². The van der Waals surface area contributed by atoms with Gasteiger partial charge in [-0.3, -0.25) is 9.69 Å². The van der Waals surface area contributed by atoms with Crippen LogP contribution in [0.2, 0.25) is 0 Å². The lowest BCUT2D eigenvalue weighted by Gasteiger charge is -2.20. The first kappa shape index (κ1) is 16.6. The lowest BCUT2D eigenvalue weighted by Crippen LogP contribution is -2.34. The summed E-state index contributed by atoms with van der Waals surface area (Å²) in [5.41, 5.74) is 3.30. The lowest BCUT2D eigenvalue weighted by atomic mass is 10.0.